The summed E-state index contributed by atoms with van der Waals surface area (Å²) >= 11 is 0. The molecule has 0 heterocycles. The number of hydrogen-bond donors (Lipinski definition) is 0. The average Bonchev–Trinajstić information content (AvgIpc) is 2.61. The predicted octanol–water partition coefficient (Wildman–Crippen LogP) is 6.33. The van der Waals surface area contributed by atoms with Crippen LogP contribution in [0.15, 0.2) is 49.0 Å². The number of hydrogen-bond acceptors (Lipinski definition) is 0. The molecule has 0 aromatic heterocycles. The van der Waals surface area contributed by atoms with Crippen LogP contribution in [0.1, 0.15) is 66.3 Å². The molecule has 1 unspecified atom stereocenters. The zero-order valence-electron chi connectivity index (χ0n) is 14.4. The molecule has 0 nitrogen and oxygen atoms in total. The minimum Gasteiger partial charge on any atom is -0.0985 e. The highest BCUT2D eigenvalue weighted by molar-refractivity contribution is 5.48. The molecule has 3 rings (SSSR count). The van der Waals surface area contributed by atoms with Crippen LogP contribution in [0.5, 0.6) is 0 Å². The Morgan fingerprint density at radius 1 is 1.04 bits per heavy atom. The van der Waals surface area contributed by atoms with Gasteiger partial charge in [-0.3, -0.25) is 0 Å². The maximum absolute atomic E-state index is 3.84. The molecule has 1 atom stereocenters. The first-order valence-electron chi connectivity index (χ1n) is 9.13. The monoisotopic (exact) mass is 304 g/mol. The maximum Gasteiger partial charge on any atom is -0.0118 e. The fourth-order valence-corrected chi connectivity index (χ4v) is 3.73. The smallest absolute Gasteiger partial charge is 0.0118 e. The zero-order valence-corrected chi connectivity index (χ0v) is 14.4. The van der Waals surface area contributed by atoms with E-state index < -0.39 is 0 Å². The van der Waals surface area contributed by atoms with Crippen molar-refractivity contribution >= 4 is 6.08 Å². The van der Waals surface area contributed by atoms with Crippen molar-refractivity contribution in [3.8, 4) is 0 Å². The molecular weight excluding hydrogens is 276 g/mol. The molecule has 0 heteroatoms. The largest absolute Gasteiger partial charge is 0.0985 e. The molecule has 23 heavy (non-hydrogen) atoms. The third-order valence-electron chi connectivity index (χ3n) is 5.21. The van der Waals surface area contributed by atoms with E-state index in [2.05, 4.69) is 56.0 Å². The van der Waals surface area contributed by atoms with Gasteiger partial charge in [0.25, 0.3) is 0 Å². The molecule has 2 aromatic carbocycles. The zero-order chi connectivity index (χ0) is 16.1. The Bertz CT molecular complexity index is 648. The molecule has 0 spiro atoms. The second-order valence-corrected chi connectivity index (χ2v) is 6.87. The van der Waals surface area contributed by atoms with Gasteiger partial charge in [0.05, 0.1) is 0 Å². The molecule has 1 aliphatic rings. The predicted molar refractivity (Wildman–Crippen MR) is 101 cm³/mol. The molecule has 1 aliphatic carbocycles. The molecule has 0 N–H and O–H groups in total. The Kier molecular flexibility index (Phi) is 5.33. The van der Waals surface area contributed by atoms with E-state index in [0.717, 1.165) is 0 Å². The third-order valence-corrected chi connectivity index (χ3v) is 5.21. The molecule has 0 saturated heterocycles. The Balaban J connectivity index is 1.69. The molecule has 2 aromatic rings. The summed E-state index contributed by atoms with van der Waals surface area (Å²) in [7, 11) is 0. The first-order chi connectivity index (χ1) is 11.3. The van der Waals surface area contributed by atoms with Gasteiger partial charge >= 0.3 is 0 Å². The third kappa shape index (κ3) is 3.93. The van der Waals surface area contributed by atoms with Crippen LogP contribution in [0, 0.1) is 0 Å². The lowest BCUT2D eigenvalue weighted by Gasteiger charge is -2.25. The van der Waals surface area contributed by atoms with Crippen molar-refractivity contribution in [1.29, 1.82) is 0 Å². The van der Waals surface area contributed by atoms with Gasteiger partial charge in [0.15, 0.2) is 0 Å². The van der Waals surface area contributed by atoms with Crippen LogP contribution >= 0.6 is 0 Å². The second kappa shape index (κ2) is 7.64. The summed E-state index contributed by atoms with van der Waals surface area (Å²) in [6.45, 7) is 6.11. The van der Waals surface area contributed by atoms with E-state index in [1.807, 2.05) is 6.08 Å². The summed E-state index contributed by atoms with van der Waals surface area (Å²) in [6, 6.07) is 16.2. The highest BCUT2D eigenvalue weighted by atomic mass is 14.2. The molecule has 0 fully saturated rings. The lowest BCUT2D eigenvalue weighted by molar-refractivity contribution is 0.584. The van der Waals surface area contributed by atoms with Crippen molar-refractivity contribution in [2.75, 3.05) is 0 Å². The summed E-state index contributed by atoms with van der Waals surface area (Å²) in [6.07, 6.45) is 10.8. The lowest BCUT2D eigenvalue weighted by Crippen LogP contribution is -2.13. The summed E-state index contributed by atoms with van der Waals surface area (Å²) in [5, 5.41) is 0. The molecular formula is C23H28. The SMILES string of the molecule is C=Cc1ccc(C2CCc3cc(CCCCC)ccc3C2)cc1. The first-order valence-corrected chi connectivity index (χ1v) is 9.13. The first kappa shape index (κ1) is 16.1. The van der Waals surface area contributed by atoms with E-state index in [1.165, 1.54) is 61.6 Å². The van der Waals surface area contributed by atoms with Crippen LogP contribution in [0.4, 0.5) is 0 Å². The van der Waals surface area contributed by atoms with Gasteiger partial charge in [0, 0.05) is 0 Å². The Morgan fingerprint density at radius 3 is 2.61 bits per heavy atom. The van der Waals surface area contributed by atoms with Gasteiger partial charge in [0.1, 0.15) is 0 Å². The minimum atomic E-state index is 0.673. The van der Waals surface area contributed by atoms with Gasteiger partial charge < -0.3 is 0 Å². The Morgan fingerprint density at radius 2 is 1.87 bits per heavy atom. The van der Waals surface area contributed by atoms with Gasteiger partial charge in [-0.05, 0) is 65.8 Å². The van der Waals surface area contributed by atoms with Crippen LogP contribution in [0.2, 0.25) is 0 Å². The normalized spacial score (nSPS) is 16.8. The summed E-state index contributed by atoms with van der Waals surface area (Å²) in [5.74, 6) is 0.673. The average molecular weight is 304 g/mol. The number of unbranched alkanes of at least 4 members (excludes halogenated alkanes) is 2. The standard InChI is InChI=1S/C23H28/c1-3-5-6-7-19-10-13-23-17-22(15-14-21(23)16-19)20-11-8-18(4-2)9-12-20/h4,8-13,16,22H,2-3,5-7,14-15,17H2,1H3. The van der Waals surface area contributed by atoms with Gasteiger partial charge in [-0.15, -0.1) is 0 Å². The van der Waals surface area contributed by atoms with Crippen LogP contribution in [-0.2, 0) is 19.3 Å². The van der Waals surface area contributed by atoms with E-state index in [-0.39, 0.29) is 0 Å². The number of benzene rings is 2. The van der Waals surface area contributed by atoms with Gasteiger partial charge in [-0.2, -0.15) is 0 Å². The van der Waals surface area contributed by atoms with Crippen molar-refractivity contribution in [2.24, 2.45) is 0 Å². The van der Waals surface area contributed by atoms with Crippen molar-refractivity contribution < 1.29 is 0 Å². The second-order valence-electron chi connectivity index (χ2n) is 6.87. The van der Waals surface area contributed by atoms with E-state index in [0.29, 0.717) is 5.92 Å². The van der Waals surface area contributed by atoms with Gasteiger partial charge in [-0.25, -0.2) is 0 Å². The van der Waals surface area contributed by atoms with Crippen molar-refractivity contribution in [3.63, 3.8) is 0 Å². The summed E-state index contributed by atoms with van der Waals surface area (Å²) in [4.78, 5) is 0. The Hall–Kier alpha value is -1.82. The van der Waals surface area contributed by atoms with E-state index in [9.17, 15) is 0 Å². The van der Waals surface area contributed by atoms with E-state index in [4.69, 9.17) is 0 Å². The van der Waals surface area contributed by atoms with Crippen LogP contribution < -0.4 is 0 Å². The molecule has 0 bridgehead atoms. The topological polar surface area (TPSA) is 0 Å². The van der Waals surface area contributed by atoms with Gasteiger partial charge in [-0.1, -0.05) is 74.9 Å². The molecule has 0 radical (unpaired) electrons. The van der Waals surface area contributed by atoms with Crippen LogP contribution in [-0.4, -0.2) is 0 Å². The highest BCUT2D eigenvalue weighted by Gasteiger charge is 2.20. The van der Waals surface area contributed by atoms with Crippen molar-refractivity contribution in [2.45, 2.75) is 57.8 Å². The molecule has 0 aliphatic heterocycles. The number of fused-ring (bicyclic) bond motifs is 1. The van der Waals surface area contributed by atoms with Crippen LogP contribution in [0.25, 0.3) is 6.08 Å². The maximum atomic E-state index is 3.84. The van der Waals surface area contributed by atoms with E-state index in [1.54, 1.807) is 11.1 Å². The Labute approximate surface area is 141 Å². The number of rotatable bonds is 6. The fraction of sp³-hybridized carbons (Fsp3) is 0.391. The highest BCUT2D eigenvalue weighted by Crippen LogP contribution is 2.33. The lowest BCUT2D eigenvalue weighted by atomic mass is 9.79. The molecule has 120 valence electrons. The van der Waals surface area contributed by atoms with Crippen molar-refractivity contribution in [1.82, 2.24) is 0 Å². The quantitative estimate of drug-likeness (QED) is 0.547. The molecule has 0 saturated carbocycles. The van der Waals surface area contributed by atoms with Crippen LogP contribution in [0.3, 0.4) is 0 Å². The van der Waals surface area contributed by atoms with Crippen molar-refractivity contribution in [3.05, 3.63) is 76.9 Å². The summed E-state index contributed by atoms with van der Waals surface area (Å²) < 4.78 is 0. The fourth-order valence-electron chi connectivity index (χ4n) is 3.73. The number of aryl methyl sites for hydroxylation is 2. The minimum absolute atomic E-state index is 0.673. The molecule has 0 amide bonds. The van der Waals surface area contributed by atoms with E-state index >= 15 is 0 Å². The summed E-state index contributed by atoms with van der Waals surface area (Å²) in [5.41, 5.74) is 7.38. The van der Waals surface area contributed by atoms with Gasteiger partial charge in [0.2, 0.25) is 0 Å².